The van der Waals surface area contributed by atoms with Crippen molar-refractivity contribution in [2.75, 3.05) is 19.0 Å². The maximum atomic E-state index is 5.18. The molecule has 0 spiro atoms. The zero-order valence-electron chi connectivity index (χ0n) is 9.76. The Balaban J connectivity index is 1.86. The van der Waals surface area contributed by atoms with Crippen LogP contribution in [-0.4, -0.2) is 23.6 Å². The Hall–Kier alpha value is -2.10. The van der Waals surface area contributed by atoms with Crippen LogP contribution in [-0.2, 0) is 6.42 Å². The summed E-state index contributed by atoms with van der Waals surface area (Å²) in [4.78, 5) is 7.96. The number of anilines is 1. The molecule has 1 heterocycles. The highest BCUT2D eigenvalue weighted by Gasteiger charge is 1.96. The van der Waals surface area contributed by atoms with Gasteiger partial charge >= 0.3 is 0 Å². The van der Waals surface area contributed by atoms with E-state index < -0.39 is 0 Å². The normalized spacial score (nSPS) is 9.94. The van der Waals surface area contributed by atoms with Crippen molar-refractivity contribution in [2.45, 2.75) is 6.42 Å². The smallest absolute Gasteiger partial charge is 0.129 e. The SMILES string of the molecule is COc1cccc(CCNc2ccncn2)c1. The summed E-state index contributed by atoms with van der Waals surface area (Å²) >= 11 is 0. The molecule has 0 fully saturated rings. The maximum absolute atomic E-state index is 5.18. The van der Waals surface area contributed by atoms with Crippen molar-refractivity contribution >= 4 is 5.82 Å². The minimum absolute atomic E-state index is 0.837. The van der Waals surface area contributed by atoms with Crippen LogP contribution in [0, 0.1) is 0 Å². The lowest BCUT2D eigenvalue weighted by molar-refractivity contribution is 0.414. The van der Waals surface area contributed by atoms with Gasteiger partial charge in [-0.1, -0.05) is 12.1 Å². The molecule has 0 saturated heterocycles. The lowest BCUT2D eigenvalue weighted by atomic mass is 10.1. The molecule has 1 aromatic carbocycles. The van der Waals surface area contributed by atoms with E-state index in [0.717, 1.165) is 24.5 Å². The van der Waals surface area contributed by atoms with Gasteiger partial charge in [0.2, 0.25) is 0 Å². The van der Waals surface area contributed by atoms with Gasteiger partial charge in [-0.15, -0.1) is 0 Å². The van der Waals surface area contributed by atoms with Crippen LogP contribution in [0.15, 0.2) is 42.9 Å². The average molecular weight is 229 g/mol. The Labute approximate surface area is 101 Å². The standard InChI is InChI=1S/C13H15N3O/c1-17-12-4-2-3-11(9-12)5-8-15-13-6-7-14-10-16-13/h2-4,6-7,9-10H,5,8H2,1H3,(H,14,15,16). The van der Waals surface area contributed by atoms with Crippen LogP contribution < -0.4 is 10.1 Å². The maximum Gasteiger partial charge on any atom is 0.129 e. The highest BCUT2D eigenvalue weighted by Crippen LogP contribution is 2.12. The highest BCUT2D eigenvalue weighted by molar-refractivity contribution is 5.33. The lowest BCUT2D eigenvalue weighted by Gasteiger charge is -2.06. The van der Waals surface area contributed by atoms with Gasteiger partial charge in [0.05, 0.1) is 7.11 Å². The molecule has 0 bridgehead atoms. The van der Waals surface area contributed by atoms with Gasteiger partial charge in [-0.2, -0.15) is 0 Å². The summed E-state index contributed by atoms with van der Waals surface area (Å²) in [5, 5.41) is 3.24. The molecular formula is C13H15N3O. The van der Waals surface area contributed by atoms with Gasteiger partial charge in [-0.05, 0) is 30.2 Å². The van der Waals surface area contributed by atoms with E-state index >= 15 is 0 Å². The second-order valence-electron chi connectivity index (χ2n) is 3.62. The minimum Gasteiger partial charge on any atom is -0.497 e. The molecule has 0 aliphatic rings. The molecule has 4 nitrogen and oxygen atoms in total. The van der Waals surface area contributed by atoms with Crippen molar-refractivity contribution in [3.05, 3.63) is 48.4 Å². The fraction of sp³-hybridized carbons (Fsp3) is 0.231. The average Bonchev–Trinajstić information content (AvgIpc) is 2.40. The Morgan fingerprint density at radius 2 is 2.24 bits per heavy atom. The van der Waals surface area contributed by atoms with Crippen molar-refractivity contribution in [3.63, 3.8) is 0 Å². The van der Waals surface area contributed by atoms with E-state index in [9.17, 15) is 0 Å². The summed E-state index contributed by atoms with van der Waals surface area (Å²) in [6.07, 6.45) is 4.19. The number of aromatic nitrogens is 2. The van der Waals surface area contributed by atoms with Crippen LogP contribution >= 0.6 is 0 Å². The third kappa shape index (κ3) is 3.45. The van der Waals surface area contributed by atoms with Crippen LogP contribution in [0.5, 0.6) is 5.75 Å². The van der Waals surface area contributed by atoms with E-state index in [0.29, 0.717) is 0 Å². The Bertz CT molecular complexity index is 459. The first-order valence-electron chi connectivity index (χ1n) is 5.51. The van der Waals surface area contributed by atoms with Gasteiger partial charge < -0.3 is 10.1 Å². The molecule has 1 N–H and O–H groups in total. The first-order chi connectivity index (χ1) is 8.38. The van der Waals surface area contributed by atoms with Gasteiger partial charge in [0.15, 0.2) is 0 Å². The minimum atomic E-state index is 0.837. The molecule has 4 heteroatoms. The fourth-order valence-electron chi connectivity index (χ4n) is 1.56. The highest BCUT2D eigenvalue weighted by atomic mass is 16.5. The van der Waals surface area contributed by atoms with Crippen molar-refractivity contribution in [2.24, 2.45) is 0 Å². The number of hydrogen-bond donors (Lipinski definition) is 1. The zero-order valence-corrected chi connectivity index (χ0v) is 9.76. The number of methoxy groups -OCH3 is 1. The van der Waals surface area contributed by atoms with E-state index in [2.05, 4.69) is 21.4 Å². The number of benzene rings is 1. The Morgan fingerprint density at radius 1 is 1.29 bits per heavy atom. The lowest BCUT2D eigenvalue weighted by Crippen LogP contribution is -2.06. The van der Waals surface area contributed by atoms with Crippen LogP contribution in [0.25, 0.3) is 0 Å². The van der Waals surface area contributed by atoms with Crippen LogP contribution in [0.1, 0.15) is 5.56 Å². The van der Waals surface area contributed by atoms with Gasteiger partial charge in [0, 0.05) is 12.7 Å². The monoisotopic (exact) mass is 229 g/mol. The number of hydrogen-bond acceptors (Lipinski definition) is 4. The summed E-state index contributed by atoms with van der Waals surface area (Å²) in [7, 11) is 1.68. The molecule has 0 atom stereocenters. The first-order valence-corrected chi connectivity index (χ1v) is 5.51. The largest absolute Gasteiger partial charge is 0.497 e. The predicted octanol–water partition coefficient (Wildman–Crippen LogP) is 2.14. The zero-order chi connectivity index (χ0) is 11.9. The third-order valence-corrected chi connectivity index (χ3v) is 2.44. The fourth-order valence-corrected chi connectivity index (χ4v) is 1.56. The van der Waals surface area contributed by atoms with Gasteiger partial charge in [-0.25, -0.2) is 9.97 Å². The van der Waals surface area contributed by atoms with Crippen molar-refractivity contribution < 1.29 is 4.74 Å². The number of nitrogens with one attached hydrogen (secondary N) is 1. The predicted molar refractivity (Wildman–Crippen MR) is 67.2 cm³/mol. The molecule has 0 aliphatic heterocycles. The Morgan fingerprint density at radius 3 is 3.00 bits per heavy atom. The topological polar surface area (TPSA) is 47.0 Å². The van der Waals surface area contributed by atoms with E-state index in [1.165, 1.54) is 11.9 Å². The van der Waals surface area contributed by atoms with Gasteiger partial charge in [-0.3, -0.25) is 0 Å². The van der Waals surface area contributed by atoms with Crippen LogP contribution in [0.3, 0.4) is 0 Å². The van der Waals surface area contributed by atoms with Crippen LogP contribution in [0.4, 0.5) is 5.82 Å². The van der Waals surface area contributed by atoms with Crippen molar-refractivity contribution in [1.82, 2.24) is 9.97 Å². The summed E-state index contributed by atoms with van der Waals surface area (Å²) in [5.74, 6) is 1.74. The molecule has 0 aliphatic carbocycles. The van der Waals surface area contributed by atoms with E-state index in [1.54, 1.807) is 13.3 Å². The first kappa shape index (κ1) is 11.4. The molecule has 2 rings (SSSR count). The molecular weight excluding hydrogens is 214 g/mol. The molecule has 0 unspecified atom stereocenters. The summed E-state index contributed by atoms with van der Waals surface area (Å²) in [6.45, 7) is 0.837. The van der Waals surface area contributed by atoms with E-state index in [1.807, 2.05) is 24.3 Å². The molecule has 2 aromatic rings. The molecule has 0 saturated carbocycles. The summed E-state index contributed by atoms with van der Waals surface area (Å²) in [6, 6.07) is 9.93. The number of nitrogens with zero attached hydrogens (tertiary/aromatic N) is 2. The van der Waals surface area contributed by atoms with E-state index in [-0.39, 0.29) is 0 Å². The number of ether oxygens (including phenoxy) is 1. The summed E-state index contributed by atoms with van der Waals surface area (Å²) in [5.41, 5.74) is 1.24. The number of rotatable bonds is 5. The quantitative estimate of drug-likeness (QED) is 0.853. The molecule has 1 aromatic heterocycles. The van der Waals surface area contributed by atoms with Crippen LogP contribution in [0.2, 0.25) is 0 Å². The van der Waals surface area contributed by atoms with Crippen molar-refractivity contribution in [3.8, 4) is 5.75 Å². The molecule has 0 amide bonds. The van der Waals surface area contributed by atoms with E-state index in [4.69, 9.17) is 4.74 Å². The summed E-state index contributed by atoms with van der Waals surface area (Å²) < 4.78 is 5.18. The molecule has 88 valence electrons. The molecule has 17 heavy (non-hydrogen) atoms. The Kier molecular flexibility index (Phi) is 3.91. The van der Waals surface area contributed by atoms with Crippen molar-refractivity contribution in [1.29, 1.82) is 0 Å². The molecule has 0 radical (unpaired) electrons. The third-order valence-electron chi connectivity index (χ3n) is 2.44. The second kappa shape index (κ2) is 5.84. The van der Waals surface area contributed by atoms with Gasteiger partial charge in [0.25, 0.3) is 0 Å². The second-order valence-corrected chi connectivity index (χ2v) is 3.62. The van der Waals surface area contributed by atoms with Gasteiger partial charge in [0.1, 0.15) is 17.9 Å².